The first kappa shape index (κ1) is 23.5. The van der Waals surface area contributed by atoms with E-state index in [1.165, 1.54) is 11.3 Å². The number of rotatable bonds is 6. The van der Waals surface area contributed by atoms with Crippen LogP contribution >= 0.6 is 11.3 Å². The lowest BCUT2D eigenvalue weighted by Crippen LogP contribution is -2.35. The van der Waals surface area contributed by atoms with Crippen molar-refractivity contribution >= 4 is 33.0 Å². The van der Waals surface area contributed by atoms with Crippen molar-refractivity contribution < 1.29 is 13.2 Å². The Kier molecular flexibility index (Phi) is 6.63. The number of hydrogen-bond acceptors (Lipinski definition) is 5. The van der Waals surface area contributed by atoms with Gasteiger partial charge in [0.1, 0.15) is 14.8 Å². The number of anilines is 1. The Morgan fingerprint density at radius 2 is 1.79 bits per heavy atom. The lowest BCUT2D eigenvalue weighted by Gasteiger charge is -2.26. The van der Waals surface area contributed by atoms with E-state index in [0.29, 0.717) is 32.9 Å². The molecule has 4 rings (SSSR count). The first-order valence-electron chi connectivity index (χ1n) is 11.2. The van der Waals surface area contributed by atoms with Gasteiger partial charge in [-0.1, -0.05) is 26.0 Å². The molecule has 2 aromatic heterocycles. The summed E-state index contributed by atoms with van der Waals surface area (Å²) < 4.78 is 30.4. The van der Waals surface area contributed by atoms with E-state index >= 15 is 0 Å². The molecule has 176 valence electrons. The predicted molar refractivity (Wildman–Crippen MR) is 132 cm³/mol. The minimum absolute atomic E-state index is 0.0181. The Hall–Kier alpha value is -2.65. The fourth-order valence-electron chi connectivity index (χ4n) is 3.99. The minimum atomic E-state index is -3.76. The number of thiazole rings is 1. The number of nitrogens with zero attached hydrogens (tertiary/aromatic N) is 3. The van der Waals surface area contributed by atoms with Crippen LogP contribution in [0.25, 0.3) is 10.7 Å². The van der Waals surface area contributed by atoms with E-state index in [4.69, 9.17) is 0 Å². The van der Waals surface area contributed by atoms with Crippen molar-refractivity contribution in [2.45, 2.75) is 50.8 Å². The smallest absolute Gasteiger partial charge is 0.265 e. The number of likely N-dealkylation sites (tertiary alicyclic amines) is 1. The number of hydrogen-bond donors (Lipinski definition) is 1. The number of carbonyl (C=O) groups excluding carboxylic acids is 1. The second kappa shape index (κ2) is 9.30. The number of nitrogens with one attached hydrogen (secondary N) is 1. The summed E-state index contributed by atoms with van der Waals surface area (Å²) in [7, 11) is -1.98. The fourth-order valence-corrected chi connectivity index (χ4v) is 6.21. The van der Waals surface area contributed by atoms with Crippen molar-refractivity contribution in [1.82, 2.24) is 14.5 Å². The molecule has 1 aromatic carbocycles. The molecule has 1 aliphatic rings. The topological polar surface area (TPSA) is 84.3 Å². The summed E-state index contributed by atoms with van der Waals surface area (Å²) in [6, 6.07) is 9.02. The summed E-state index contributed by atoms with van der Waals surface area (Å²) in [4.78, 5) is 20.2. The maximum absolute atomic E-state index is 13.0. The third kappa shape index (κ3) is 4.99. The lowest BCUT2D eigenvalue weighted by molar-refractivity contribution is 0.0728. The van der Waals surface area contributed by atoms with E-state index in [2.05, 4.69) is 23.6 Å². The molecule has 1 aliphatic heterocycles. The van der Waals surface area contributed by atoms with Crippen LogP contribution in [0.3, 0.4) is 0 Å². The van der Waals surface area contributed by atoms with Gasteiger partial charge in [-0.25, -0.2) is 13.4 Å². The molecule has 7 nitrogen and oxygen atoms in total. The Balaban J connectivity index is 1.57. The molecule has 0 saturated carbocycles. The van der Waals surface area contributed by atoms with Crippen LogP contribution < -0.4 is 4.72 Å². The molecular weight excluding hydrogens is 456 g/mol. The number of carbonyl (C=O) groups is 1. The van der Waals surface area contributed by atoms with Crippen LogP contribution in [0, 0.1) is 6.92 Å². The average Bonchev–Trinajstić information content (AvgIpc) is 3.37. The molecule has 1 amide bonds. The van der Waals surface area contributed by atoms with E-state index in [1.807, 2.05) is 24.0 Å². The largest absolute Gasteiger partial charge is 0.347 e. The van der Waals surface area contributed by atoms with E-state index < -0.39 is 10.0 Å². The zero-order valence-electron chi connectivity index (χ0n) is 19.5. The maximum Gasteiger partial charge on any atom is 0.265 e. The Morgan fingerprint density at radius 3 is 2.42 bits per heavy atom. The highest BCUT2D eigenvalue weighted by atomic mass is 32.2. The number of aromatic nitrogens is 2. The van der Waals surface area contributed by atoms with Crippen molar-refractivity contribution in [3.63, 3.8) is 0 Å². The second-order valence-electron chi connectivity index (χ2n) is 8.84. The molecule has 9 heteroatoms. The first-order chi connectivity index (χ1) is 15.7. The normalized spacial score (nSPS) is 14.6. The van der Waals surface area contributed by atoms with Crippen LogP contribution in [0.4, 0.5) is 5.69 Å². The third-order valence-corrected chi connectivity index (χ3v) is 8.49. The van der Waals surface area contributed by atoms with Crippen LogP contribution in [0.5, 0.6) is 0 Å². The average molecular weight is 487 g/mol. The van der Waals surface area contributed by atoms with Gasteiger partial charge in [0.15, 0.2) is 0 Å². The van der Waals surface area contributed by atoms with Gasteiger partial charge in [-0.2, -0.15) is 0 Å². The standard InChI is InChI=1S/C24H30N4O3S2/c1-16(2)18-8-10-19(11-9-18)26-33(30,31)20-14-21(27(4)15-20)23-25-17(3)22(32-23)24(29)28-12-6-5-7-13-28/h8-11,14-16,26H,5-7,12-13H2,1-4H3. The van der Waals surface area contributed by atoms with Crippen LogP contribution in [0.2, 0.25) is 0 Å². The van der Waals surface area contributed by atoms with E-state index in [1.54, 1.807) is 36.0 Å². The van der Waals surface area contributed by atoms with Gasteiger partial charge in [0.2, 0.25) is 0 Å². The van der Waals surface area contributed by atoms with Crippen molar-refractivity contribution in [2.24, 2.45) is 7.05 Å². The summed E-state index contributed by atoms with van der Waals surface area (Å²) in [5.74, 6) is 0.394. The minimum Gasteiger partial charge on any atom is -0.347 e. The number of benzene rings is 1. The molecule has 3 heterocycles. The molecule has 0 bridgehead atoms. The van der Waals surface area contributed by atoms with Gasteiger partial charge in [0, 0.05) is 32.0 Å². The Bertz CT molecular complexity index is 1250. The molecule has 0 spiro atoms. The molecule has 0 unspecified atom stereocenters. The molecule has 0 aliphatic carbocycles. The van der Waals surface area contributed by atoms with Crippen molar-refractivity contribution in [3.05, 3.63) is 52.7 Å². The summed E-state index contributed by atoms with van der Waals surface area (Å²) >= 11 is 1.32. The SMILES string of the molecule is Cc1nc(-c2cc(S(=O)(=O)Nc3ccc(C(C)C)cc3)cn2C)sc1C(=O)N1CCCCC1. The van der Waals surface area contributed by atoms with Crippen LogP contribution in [0.1, 0.15) is 60.0 Å². The summed E-state index contributed by atoms with van der Waals surface area (Å²) in [6.45, 7) is 7.58. The molecular formula is C24H30N4O3S2. The number of piperidine rings is 1. The van der Waals surface area contributed by atoms with Gasteiger partial charge in [-0.3, -0.25) is 9.52 Å². The summed E-state index contributed by atoms with van der Waals surface area (Å²) in [5.41, 5.74) is 3.01. The maximum atomic E-state index is 13.0. The number of sulfonamides is 1. The summed E-state index contributed by atoms with van der Waals surface area (Å²) in [5, 5.41) is 0.637. The highest BCUT2D eigenvalue weighted by Crippen LogP contribution is 2.32. The van der Waals surface area contributed by atoms with E-state index in [0.717, 1.165) is 37.9 Å². The van der Waals surface area contributed by atoms with Gasteiger partial charge in [0.25, 0.3) is 15.9 Å². The van der Waals surface area contributed by atoms with Gasteiger partial charge in [-0.15, -0.1) is 11.3 Å². The van der Waals surface area contributed by atoms with Gasteiger partial charge < -0.3 is 9.47 Å². The van der Waals surface area contributed by atoms with Gasteiger partial charge >= 0.3 is 0 Å². The zero-order valence-corrected chi connectivity index (χ0v) is 21.1. The van der Waals surface area contributed by atoms with Crippen molar-refractivity contribution in [3.8, 4) is 10.7 Å². The zero-order chi connectivity index (χ0) is 23.8. The van der Waals surface area contributed by atoms with Crippen LogP contribution in [0.15, 0.2) is 41.4 Å². The predicted octanol–water partition coefficient (Wildman–Crippen LogP) is 5.01. The number of aryl methyl sites for hydroxylation is 2. The Labute approximate surface area is 199 Å². The Morgan fingerprint density at radius 1 is 1.12 bits per heavy atom. The highest BCUT2D eigenvalue weighted by Gasteiger charge is 2.25. The lowest BCUT2D eigenvalue weighted by atomic mass is 10.0. The summed E-state index contributed by atoms with van der Waals surface area (Å²) in [6.07, 6.45) is 4.79. The third-order valence-electron chi connectivity index (χ3n) is 5.97. The first-order valence-corrected chi connectivity index (χ1v) is 13.5. The second-order valence-corrected chi connectivity index (χ2v) is 11.5. The van der Waals surface area contributed by atoms with Gasteiger partial charge in [0.05, 0.1) is 11.4 Å². The highest BCUT2D eigenvalue weighted by molar-refractivity contribution is 7.92. The number of amides is 1. The molecule has 1 N–H and O–H groups in total. The van der Waals surface area contributed by atoms with Crippen LogP contribution in [-0.2, 0) is 17.1 Å². The molecule has 3 aromatic rings. The van der Waals surface area contributed by atoms with Crippen LogP contribution in [-0.4, -0.2) is 41.9 Å². The molecule has 0 radical (unpaired) electrons. The molecule has 33 heavy (non-hydrogen) atoms. The quantitative estimate of drug-likeness (QED) is 0.531. The monoisotopic (exact) mass is 486 g/mol. The van der Waals surface area contributed by atoms with Crippen molar-refractivity contribution in [1.29, 1.82) is 0 Å². The molecule has 0 atom stereocenters. The molecule has 1 saturated heterocycles. The van der Waals surface area contributed by atoms with Crippen molar-refractivity contribution in [2.75, 3.05) is 17.8 Å². The molecule has 1 fully saturated rings. The van der Waals surface area contributed by atoms with Gasteiger partial charge in [-0.05, 0) is 55.9 Å². The van der Waals surface area contributed by atoms with E-state index in [9.17, 15) is 13.2 Å². The fraction of sp³-hybridized carbons (Fsp3) is 0.417. The van der Waals surface area contributed by atoms with E-state index in [-0.39, 0.29) is 10.8 Å².